The van der Waals surface area contributed by atoms with Crippen molar-refractivity contribution in [2.45, 2.75) is 38.5 Å². The molecule has 0 spiro atoms. The Bertz CT molecular complexity index is 1380. The fourth-order valence-electron chi connectivity index (χ4n) is 3.47. The summed E-state index contributed by atoms with van der Waals surface area (Å²) in [4.78, 5) is 0.241. The summed E-state index contributed by atoms with van der Waals surface area (Å²) in [6, 6.07) is 24.4. The Kier molecular flexibility index (Phi) is 9.50. The normalized spacial score (nSPS) is 10.6. The Labute approximate surface area is 210 Å². The molecular formula is C31H31NO2S. The Morgan fingerprint density at radius 1 is 0.800 bits per heavy atom. The molecule has 3 rings (SSSR count). The minimum atomic E-state index is -3.75. The van der Waals surface area contributed by atoms with Crippen LogP contribution >= 0.6 is 0 Å². The second-order valence-electron chi connectivity index (χ2n) is 8.15. The number of hydrogen-bond donors (Lipinski definition) is 0. The zero-order chi connectivity index (χ0) is 25.1. The van der Waals surface area contributed by atoms with Gasteiger partial charge in [0.15, 0.2) is 0 Å². The zero-order valence-electron chi connectivity index (χ0n) is 20.6. The van der Waals surface area contributed by atoms with Crippen LogP contribution < -0.4 is 0 Å². The molecule has 0 unspecified atom stereocenters. The van der Waals surface area contributed by atoms with Crippen molar-refractivity contribution in [2.24, 2.45) is 0 Å². The van der Waals surface area contributed by atoms with E-state index < -0.39 is 10.0 Å². The van der Waals surface area contributed by atoms with E-state index in [-0.39, 0.29) is 18.0 Å². The largest absolute Gasteiger partial charge is 0.244 e. The molecule has 0 saturated carbocycles. The Morgan fingerprint density at radius 3 is 2.06 bits per heavy atom. The van der Waals surface area contributed by atoms with Crippen LogP contribution in [0.25, 0.3) is 6.08 Å². The molecule has 0 heterocycles. The summed E-state index contributed by atoms with van der Waals surface area (Å²) < 4.78 is 28.1. The molecule has 0 aliphatic heterocycles. The van der Waals surface area contributed by atoms with Gasteiger partial charge in [-0.1, -0.05) is 103 Å². The maximum Gasteiger partial charge on any atom is 0.244 e. The summed E-state index contributed by atoms with van der Waals surface area (Å²) in [6.07, 6.45) is 4.15. The molecule has 0 saturated heterocycles. The van der Waals surface area contributed by atoms with E-state index in [1.54, 1.807) is 24.3 Å². The highest BCUT2D eigenvalue weighted by Crippen LogP contribution is 2.18. The molecule has 4 heteroatoms. The van der Waals surface area contributed by atoms with Crippen molar-refractivity contribution in [3.05, 3.63) is 107 Å². The third kappa shape index (κ3) is 7.46. The predicted octanol–water partition coefficient (Wildman–Crippen LogP) is 6.29. The molecule has 0 amide bonds. The molecule has 0 aliphatic rings. The van der Waals surface area contributed by atoms with E-state index in [0.29, 0.717) is 0 Å². The van der Waals surface area contributed by atoms with Gasteiger partial charge in [-0.15, -0.1) is 0 Å². The van der Waals surface area contributed by atoms with E-state index in [1.807, 2.05) is 61.5 Å². The van der Waals surface area contributed by atoms with Crippen molar-refractivity contribution in [1.82, 2.24) is 4.31 Å². The van der Waals surface area contributed by atoms with E-state index in [2.05, 4.69) is 43.6 Å². The molecule has 0 bridgehead atoms. The number of sulfonamides is 1. The maximum atomic E-state index is 13.4. The molecule has 0 fully saturated rings. The van der Waals surface area contributed by atoms with E-state index in [9.17, 15) is 8.42 Å². The SMILES string of the molecule is CCC(=Cc1ccccc1C#CCN(CC#Cc1ccccc1)S(=O)(=O)c1ccc(C)cc1)CC. The van der Waals surface area contributed by atoms with Gasteiger partial charge in [0.05, 0.1) is 18.0 Å². The van der Waals surface area contributed by atoms with Gasteiger partial charge in [-0.25, -0.2) is 8.42 Å². The first kappa shape index (κ1) is 26.0. The first-order valence-corrected chi connectivity index (χ1v) is 13.3. The highest BCUT2D eigenvalue weighted by atomic mass is 32.2. The first-order valence-electron chi connectivity index (χ1n) is 11.8. The molecule has 3 nitrogen and oxygen atoms in total. The maximum absolute atomic E-state index is 13.4. The molecule has 0 N–H and O–H groups in total. The van der Waals surface area contributed by atoms with Gasteiger partial charge in [-0.3, -0.25) is 0 Å². The Hall–Kier alpha value is -3.57. The van der Waals surface area contributed by atoms with Crippen molar-refractivity contribution < 1.29 is 8.42 Å². The lowest BCUT2D eigenvalue weighted by Gasteiger charge is -2.17. The smallest absolute Gasteiger partial charge is 0.207 e. The lowest BCUT2D eigenvalue weighted by Crippen LogP contribution is -2.32. The third-order valence-corrected chi connectivity index (χ3v) is 7.43. The van der Waals surface area contributed by atoms with Gasteiger partial charge in [0, 0.05) is 11.1 Å². The quantitative estimate of drug-likeness (QED) is 0.372. The number of nitrogens with zero attached hydrogens (tertiary/aromatic N) is 1. The van der Waals surface area contributed by atoms with Gasteiger partial charge in [0.2, 0.25) is 10.0 Å². The number of hydrogen-bond acceptors (Lipinski definition) is 2. The molecule has 0 atom stereocenters. The molecule has 178 valence electrons. The standard InChI is InChI=1S/C31H31NO2S/c1-4-27(5-2)25-30-17-10-9-16-29(30)18-12-24-32(23-11-15-28-13-7-6-8-14-28)35(33,34)31-21-19-26(3)20-22-31/h6-10,13-14,16-17,19-22,25H,4-5,23-24H2,1-3H3. The summed E-state index contributed by atoms with van der Waals surface area (Å²) in [5.41, 5.74) is 5.13. The topological polar surface area (TPSA) is 37.4 Å². The zero-order valence-corrected chi connectivity index (χ0v) is 21.4. The van der Waals surface area contributed by atoms with Crippen LogP contribution in [0.5, 0.6) is 0 Å². The highest BCUT2D eigenvalue weighted by Gasteiger charge is 2.23. The summed E-state index contributed by atoms with van der Waals surface area (Å²) in [5, 5.41) is 0. The van der Waals surface area contributed by atoms with Crippen LogP contribution in [-0.2, 0) is 10.0 Å². The van der Waals surface area contributed by atoms with E-state index in [1.165, 1.54) is 9.88 Å². The molecule has 0 aromatic heterocycles. The van der Waals surface area contributed by atoms with Crippen LogP contribution in [0.1, 0.15) is 48.9 Å². The van der Waals surface area contributed by atoms with E-state index in [0.717, 1.165) is 35.1 Å². The van der Waals surface area contributed by atoms with Crippen LogP contribution in [0.4, 0.5) is 0 Å². The lowest BCUT2D eigenvalue weighted by molar-refractivity contribution is 0.482. The van der Waals surface area contributed by atoms with E-state index >= 15 is 0 Å². The number of aryl methyl sites for hydroxylation is 1. The van der Waals surface area contributed by atoms with Crippen molar-refractivity contribution in [3.8, 4) is 23.7 Å². The molecule has 35 heavy (non-hydrogen) atoms. The van der Waals surface area contributed by atoms with Gasteiger partial charge in [-0.2, -0.15) is 4.31 Å². The highest BCUT2D eigenvalue weighted by molar-refractivity contribution is 7.89. The van der Waals surface area contributed by atoms with Gasteiger partial charge >= 0.3 is 0 Å². The van der Waals surface area contributed by atoms with Crippen molar-refractivity contribution >= 4 is 16.1 Å². The summed E-state index contributed by atoms with van der Waals surface area (Å²) in [5.74, 6) is 12.3. The van der Waals surface area contributed by atoms with Gasteiger partial charge in [-0.05, 0) is 55.7 Å². The molecule has 3 aromatic carbocycles. The predicted molar refractivity (Wildman–Crippen MR) is 145 cm³/mol. The number of rotatable bonds is 7. The molecule has 3 aromatic rings. The number of allylic oxidation sites excluding steroid dienone is 1. The van der Waals surface area contributed by atoms with Gasteiger partial charge in [0.1, 0.15) is 0 Å². The summed E-state index contributed by atoms with van der Waals surface area (Å²) in [7, 11) is -3.75. The van der Waals surface area contributed by atoms with Gasteiger partial charge in [0.25, 0.3) is 0 Å². The summed E-state index contributed by atoms with van der Waals surface area (Å²) in [6.45, 7) is 6.32. The second kappa shape index (κ2) is 12.8. The monoisotopic (exact) mass is 481 g/mol. The van der Waals surface area contributed by atoms with Crippen LogP contribution in [0.3, 0.4) is 0 Å². The molecule has 0 aliphatic carbocycles. The molecular weight excluding hydrogens is 450 g/mol. The Morgan fingerprint density at radius 2 is 1.40 bits per heavy atom. The summed E-state index contributed by atoms with van der Waals surface area (Å²) >= 11 is 0. The van der Waals surface area contributed by atoms with Crippen LogP contribution in [-0.4, -0.2) is 25.8 Å². The third-order valence-electron chi connectivity index (χ3n) is 5.63. The van der Waals surface area contributed by atoms with Crippen LogP contribution in [0.15, 0.2) is 89.3 Å². The second-order valence-corrected chi connectivity index (χ2v) is 10.1. The number of benzene rings is 3. The van der Waals surface area contributed by atoms with Crippen molar-refractivity contribution in [3.63, 3.8) is 0 Å². The minimum Gasteiger partial charge on any atom is -0.207 e. The van der Waals surface area contributed by atoms with Gasteiger partial charge < -0.3 is 0 Å². The average molecular weight is 482 g/mol. The average Bonchev–Trinajstić information content (AvgIpc) is 2.88. The first-order chi connectivity index (χ1) is 16.9. The van der Waals surface area contributed by atoms with E-state index in [4.69, 9.17) is 0 Å². The van der Waals surface area contributed by atoms with Crippen molar-refractivity contribution in [2.75, 3.05) is 13.1 Å². The lowest BCUT2D eigenvalue weighted by atomic mass is 10.0. The Balaban J connectivity index is 1.91. The fourth-order valence-corrected chi connectivity index (χ4v) is 4.72. The van der Waals surface area contributed by atoms with Crippen LogP contribution in [0.2, 0.25) is 0 Å². The fraction of sp³-hybridized carbons (Fsp3) is 0.226. The van der Waals surface area contributed by atoms with Crippen LogP contribution in [0, 0.1) is 30.6 Å². The molecule has 0 radical (unpaired) electrons. The van der Waals surface area contributed by atoms with Crippen molar-refractivity contribution in [1.29, 1.82) is 0 Å². The minimum absolute atomic E-state index is 0.0478.